The summed E-state index contributed by atoms with van der Waals surface area (Å²) in [5.74, 6) is 0.712. The predicted molar refractivity (Wildman–Crippen MR) is 148 cm³/mol. The van der Waals surface area contributed by atoms with Crippen LogP contribution in [0, 0.1) is 6.17 Å². The van der Waals surface area contributed by atoms with Gasteiger partial charge in [0.1, 0.15) is 18.0 Å². The van der Waals surface area contributed by atoms with Crippen LogP contribution in [-0.2, 0) is 0 Å². The van der Waals surface area contributed by atoms with Crippen LogP contribution in [0.25, 0.3) is 0 Å². The van der Waals surface area contributed by atoms with Gasteiger partial charge in [-0.2, -0.15) is 0 Å². The van der Waals surface area contributed by atoms with Crippen LogP contribution in [-0.4, -0.2) is 12.4 Å². The van der Waals surface area contributed by atoms with Gasteiger partial charge in [0.15, 0.2) is 0 Å². The number of benzene rings is 1. The summed E-state index contributed by atoms with van der Waals surface area (Å²) in [7, 11) is 0. The van der Waals surface area contributed by atoms with E-state index in [0.717, 1.165) is 11.7 Å². The molecule has 2 heteroatoms. The van der Waals surface area contributed by atoms with Gasteiger partial charge >= 0.3 is 0 Å². The van der Waals surface area contributed by atoms with Crippen molar-refractivity contribution in [2.24, 2.45) is 9.98 Å². The van der Waals surface area contributed by atoms with E-state index in [4.69, 9.17) is 0 Å². The first kappa shape index (κ1) is 27.7. The minimum absolute atomic E-state index is 0.712. The summed E-state index contributed by atoms with van der Waals surface area (Å²) < 4.78 is 0. The van der Waals surface area contributed by atoms with Gasteiger partial charge in [-0.1, -0.05) is 123 Å². The Morgan fingerprint density at radius 1 is 0.545 bits per heavy atom. The first-order chi connectivity index (χ1) is 16.3. The lowest BCUT2D eigenvalue weighted by Crippen LogP contribution is -2.01. The van der Waals surface area contributed by atoms with Crippen LogP contribution in [0.4, 0.5) is 0 Å². The Morgan fingerprint density at radius 3 is 1.36 bits per heavy atom. The fourth-order valence-electron chi connectivity index (χ4n) is 5.00. The first-order valence-electron chi connectivity index (χ1n) is 14.4. The van der Waals surface area contributed by atoms with E-state index in [1.165, 1.54) is 128 Å². The number of unbranched alkanes of at least 4 members (excludes halogenated alkanes) is 15. The van der Waals surface area contributed by atoms with Crippen molar-refractivity contribution in [2.45, 2.75) is 142 Å². The average Bonchev–Trinajstić information content (AvgIpc) is 3.38. The molecule has 33 heavy (non-hydrogen) atoms. The van der Waals surface area contributed by atoms with Crippen LogP contribution < -0.4 is 0 Å². The third-order valence-corrected chi connectivity index (χ3v) is 7.16. The molecule has 0 aromatic heterocycles. The highest BCUT2D eigenvalue weighted by atomic mass is 15.0. The van der Waals surface area contributed by atoms with E-state index in [9.17, 15) is 0 Å². The van der Waals surface area contributed by atoms with E-state index in [-0.39, 0.29) is 0 Å². The lowest BCUT2D eigenvalue weighted by Gasteiger charge is -2.17. The molecule has 184 valence electrons. The summed E-state index contributed by atoms with van der Waals surface area (Å²) in [6.07, 6.45) is 31.0. The smallest absolute Gasteiger partial charge is 0.147 e. The van der Waals surface area contributed by atoms with Crippen LogP contribution in [0.5, 0.6) is 0 Å². The van der Waals surface area contributed by atoms with Gasteiger partial charge in [0.2, 0.25) is 6.17 Å². The molecule has 1 aromatic carbocycles. The standard InChI is InChI=1S/C31H51N2/c1-3-5-7-9-11-12-13-15-17-19-21-28(20-18-16-14-10-8-6-4-2)29-22-24-30(25-23-29)31-32-26-27-33-31/h22-28H,3-21H2,1-2H3/q+1. The van der Waals surface area contributed by atoms with Crippen LogP contribution in [0.3, 0.4) is 0 Å². The molecule has 0 amide bonds. The molecule has 0 fully saturated rings. The topological polar surface area (TPSA) is 24.7 Å². The van der Waals surface area contributed by atoms with Gasteiger partial charge < -0.3 is 0 Å². The molecule has 0 radical (unpaired) electrons. The zero-order valence-electron chi connectivity index (χ0n) is 21.9. The Kier molecular flexibility index (Phi) is 15.8. The Bertz CT molecular complexity index is 619. The summed E-state index contributed by atoms with van der Waals surface area (Å²) in [6.45, 7) is 4.60. The molecule has 0 spiro atoms. The van der Waals surface area contributed by atoms with Crippen molar-refractivity contribution in [3.05, 3.63) is 41.6 Å². The van der Waals surface area contributed by atoms with Crippen molar-refractivity contribution in [1.82, 2.24) is 0 Å². The summed E-state index contributed by atoms with van der Waals surface area (Å²) in [4.78, 5) is 8.69. The SMILES string of the molecule is CCCCCCCCCCCCC(CCCCCCCCC)c1ccc([C+]2N=CC=N2)cc1. The highest BCUT2D eigenvalue weighted by Gasteiger charge is 2.19. The Labute approximate surface area is 205 Å². The fraction of sp³-hybridized carbons (Fsp3) is 0.710. The zero-order valence-corrected chi connectivity index (χ0v) is 21.9. The second-order valence-corrected chi connectivity index (χ2v) is 10.1. The molecule has 2 rings (SSSR count). The molecule has 0 saturated carbocycles. The van der Waals surface area contributed by atoms with Crippen molar-refractivity contribution >= 4 is 12.4 Å². The molecule has 1 aromatic rings. The van der Waals surface area contributed by atoms with Crippen LogP contribution in [0.1, 0.15) is 153 Å². The van der Waals surface area contributed by atoms with Crippen molar-refractivity contribution in [3.63, 3.8) is 0 Å². The molecule has 1 unspecified atom stereocenters. The highest BCUT2D eigenvalue weighted by molar-refractivity contribution is 6.18. The lowest BCUT2D eigenvalue weighted by molar-refractivity contribution is 0.482. The number of hydrogen-bond donors (Lipinski definition) is 0. The highest BCUT2D eigenvalue weighted by Crippen LogP contribution is 2.30. The largest absolute Gasteiger partial charge is 0.243 e. The third-order valence-electron chi connectivity index (χ3n) is 7.16. The van der Waals surface area contributed by atoms with Gasteiger partial charge in [0, 0.05) is 12.1 Å². The molecular formula is C31H51N2+. The van der Waals surface area contributed by atoms with Crippen molar-refractivity contribution in [2.75, 3.05) is 0 Å². The molecule has 0 saturated heterocycles. The van der Waals surface area contributed by atoms with Gasteiger partial charge in [0.25, 0.3) is 0 Å². The maximum absolute atomic E-state index is 4.35. The van der Waals surface area contributed by atoms with Crippen LogP contribution in [0.2, 0.25) is 0 Å². The lowest BCUT2D eigenvalue weighted by atomic mass is 9.87. The van der Waals surface area contributed by atoms with E-state index in [0.29, 0.717) is 5.92 Å². The molecule has 1 aliphatic rings. The van der Waals surface area contributed by atoms with E-state index in [2.05, 4.69) is 48.1 Å². The zero-order chi connectivity index (χ0) is 23.4. The summed E-state index contributed by atoms with van der Waals surface area (Å²) >= 11 is 0. The van der Waals surface area contributed by atoms with Gasteiger partial charge in [-0.15, -0.1) is 9.98 Å². The number of aliphatic imine (C=N–C) groups is 2. The van der Waals surface area contributed by atoms with Crippen molar-refractivity contribution in [1.29, 1.82) is 0 Å². The fourth-order valence-corrected chi connectivity index (χ4v) is 5.00. The molecule has 1 aliphatic heterocycles. The third kappa shape index (κ3) is 12.5. The molecule has 0 aliphatic carbocycles. The quantitative estimate of drug-likeness (QED) is 0.131. The molecular weight excluding hydrogens is 400 g/mol. The second kappa shape index (κ2) is 18.8. The van der Waals surface area contributed by atoms with E-state index >= 15 is 0 Å². The normalized spacial score (nSPS) is 13.8. The maximum Gasteiger partial charge on any atom is 0.243 e. The number of hydrogen-bond acceptors (Lipinski definition) is 2. The minimum Gasteiger partial charge on any atom is -0.147 e. The summed E-state index contributed by atoms with van der Waals surface area (Å²) in [5.41, 5.74) is 2.66. The van der Waals surface area contributed by atoms with Crippen LogP contribution >= 0.6 is 0 Å². The van der Waals surface area contributed by atoms with Gasteiger partial charge in [-0.3, -0.25) is 0 Å². The summed E-state index contributed by atoms with van der Waals surface area (Å²) in [5, 5.41) is 0. The van der Waals surface area contributed by atoms with Crippen molar-refractivity contribution < 1.29 is 0 Å². The van der Waals surface area contributed by atoms with Gasteiger partial charge in [-0.25, -0.2) is 0 Å². The maximum atomic E-state index is 4.35. The Hall–Kier alpha value is -1.57. The van der Waals surface area contributed by atoms with Gasteiger partial charge in [-0.05, 0) is 36.5 Å². The molecule has 0 N–H and O–H groups in total. The monoisotopic (exact) mass is 451 g/mol. The number of rotatable bonds is 21. The van der Waals surface area contributed by atoms with E-state index in [1.54, 1.807) is 12.4 Å². The predicted octanol–water partition coefficient (Wildman–Crippen LogP) is 10.2. The average molecular weight is 452 g/mol. The van der Waals surface area contributed by atoms with Gasteiger partial charge in [0.05, 0.1) is 0 Å². The molecule has 1 heterocycles. The second-order valence-electron chi connectivity index (χ2n) is 10.1. The van der Waals surface area contributed by atoms with Crippen molar-refractivity contribution in [3.8, 4) is 0 Å². The molecule has 0 bridgehead atoms. The van der Waals surface area contributed by atoms with E-state index in [1.807, 2.05) is 0 Å². The Morgan fingerprint density at radius 2 is 0.939 bits per heavy atom. The van der Waals surface area contributed by atoms with E-state index < -0.39 is 0 Å². The molecule has 1 atom stereocenters. The number of nitrogens with zero attached hydrogens (tertiary/aromatic N) is 2. The summed E-state index contributed by atoms with van der Waals surface area (Å²) in [6, 6.07) is 9.13. The molecule has 2 nitrogen and oxygen atoms in total. The Balaban J connectivity index is 1.71. The first-order valence-corrected chi connectivity index (χ1v) is 14.4. The minimum atomic E-state index is 0.712. The van der Waals surface area contributed by atoms with Crippen LogP contribution in [0.15, 0.2) is 34.3 Å².